The first-order valence-corrected chi connectivity index (χ1v) is 8.69. The highest BCUT2D eigenvalue weighted by molar-refractivity contribution is 7.89. The van der Waals surface area contributed by atoms with Gasteiger partial charge < -0.3 is 10.1 Å². The number of nitrogens with one attached hydrogen (secondary N) is 2. The quantitative estimate of drug-likeness (QED) is 0.797. The van der Waals surface area contributed by atoms with E-state index in [9.17, 15) is 13.2 Å². The summed E-state index contributed by atoms with van der Waals surface area (Å²) in [5.74, 6) is 0.225. The van der Waals surface area contributed by atoms with Crippen LogP contribution in [-0.4, -0.2) is 32.5 Å². The number of hydrogen-bond donors (Lipinski definition) is 2. The molecule has 1 aromatic carbocycles. The Hall–Kier alpha value is -1.60. The van der Waals surface area contributed by atoms with Gasteiger partial charge >= 0.3 is 0 Å². The lowest BCUT2D eigenvalue weighted by molar-refractivity contribution is -0.127. The maximum Gasteiger partial charge on any atom is 0.260 e. The van der Waals surface area contributed by atoms with E-state index in [2.05, 4.69) is 10.0 Å². The van der Waals surface area contributed by atoms with Crippen LogP contribution < -0.4 is 14.8 Å². The fraction of sp³-hybridized carbons (Fsp3) is 0.533. The summed E-state index contributed by atoms with van der Waals surface area (Å²) >= 11 is 0. The molecule has 0 fully saturated rings. The molecule has 7 heteroatoms. The second-order valence-corrected chi connectivity index (χ2v) is 7.38. The van der Waals surface area contributed by atoms with Gasteiger partial charge in [-0.2, -0.15) is 0 Å². The molecule has 22 heavy (non-hydrogen) atoms. The normalized spacial score (nSPS) is 13.2. The molecule has 1 atom stereocenters. The van der Waals surface area contributed by atoms with E-state index in [1.807, 2.05) is 13.8 Å². The number of carbonyl (C=O) groups is 1. The number of hydrogen-bond acceptors (Lipinski definition) is 4. The molecule has 0 saturated carbocycles. The second kappa shape index (κ2) is 7.60. The van der Waals surface area contributed by atoms with E-state index in [0.29, 0.717) is 5.75 Å². The molecule has 0 spiro atoms. The van der Waals surface area contributed by atoms with Crippen molar-refractivity contribution in [3.8, 4) is 5.75 Å². The largest absolute Gasteiger partial charge is 0.481 e. The molecule has 0 radical (unpaired) electrons. The topological polar surface area (TPSA) is 84.5 Å². The van der Waals surface area contributed by atoms with Crippen molar-refractivity contribution in [1.82, 2.24) is 10.0 Å². The van der Waals surface area contributed by atoms with Crippen LogP contribution in [-0.2, 0) is 14.8 Å². The van der Waals surface area contributed by atoms with Crippen LogP contribution in [0.25, 0.3) is 0 Å². The van der Waals surface area contributed by atoms with E-state index < -0.39 is 16.1 Å². The summed E-state index contributed by atoms with van der Waals surface area (Å²) < 4.78 is 32.0. The van der Waals surface area contributed by atoms with Crippen molar-refractivity contribution in [3.05, 3.63) is 24.3 Å². The van der Waals surface area contributed by atoms with Gasteiger partial charge in [-0.05, 0) is 58.9 Å². The van der Waals surface area contributed by atoms with Crippen LogP contribution in [0.15, 0.2) is 29.2 Å². The average molecular weight is 328 g/mol. The lowest BCUT2D eigenvalue weighted by Crippen LogP contribution is -2.40. The number of benzene rings is 1. The monoisotopic (exact) mass is 328 g/mol. The Kier molecular flexibility index (Phi) is 6.37. The van der Waals surface area contributed by atoms with Crippen LogP contribution in [0.1, 0.15) is 34.6 Å². The van der Waals surface area contributed by atoms with Crippen LogP contribution in [0.3, 0.4) is 0 Å². The molecule has 1 amide bonds. The first-order chi connectivity index (χ1) is 10.1. The number of amides is 1. The minimum atomic E-state index is -3.52. The van der Waals surface area contributed by atoms with E-state index in [1.165, 1.54) is 24.3 Å². The Labute approximate surface area is 132 Å². The van der Waals surface area contributed by atoms with Gasteiger partial charge in [0.05, 0.1) is 4.90 Å². The zero-order valence-corrected chi connectivity index (χ0v) is 14.4. The second-order valence-electron chi connectivity index (χ2n) is 5.67. The van der Waals surface area contributed by atoms with Gasteiger partial charge in [-0.25, -0.2) is 13.1 Å². The van der Waals surface area contributed by atoms with Gasteiger partial charge in [0.15, 0.2) is 6.10 Å². The molecule has 0 aliphatic carbocycles. The Bertz CT molecular complexity index is 594. The van der Waals surface area contributed by atoms with E-state index in [4.69, 9.17) is 4.74 Å². The molecule has 0 aliphatic heterocycles. The molecule has 6 nitrogen and oxygen atoms in total. The summed E-state index contributed by atoms with van der Waals surface area (Å²) in [4.78, 5) is 11.9. The van der Waals surface area contributed by atoms with Crippen molar-refractivity contribution in [1.29, 1.82) is 0 Å². The van der Waals surface area contributed by atoms with Gasteiger partial charge in [0, 0.05) is 12.1 Å². The zero-order valence-electron chi connectivity index (χ0n) is 13.6. The molecule has 124 valence electrons. The molecule has 2 N–H and O–H groups in total. The highest BCUT2D eigenvalue weighted by atomic mass is 32.2. The molecule has 0 bridgehead atoms. The standard InChI is InChI=1S/C15H24N2O4S/c1-10(2)16-15(18)12(5)21-13-6-8-14(9-7-13)22(19,20)17-11(3)4/h6-12,17H,1-5H3,(H,16,18)/t12-/m0/s1. The molecular weight excluding hydrogens is 304 g/mol. The smallest absolute Gasteiger partial charge is 0.260 e. The maximum atomic E-state index is 12.0. The van der Waals surface area contributed by atoms with Crippen LogP contribution in [0.5, 0.6) is 5.75 Å². The van der Waals surface area contributed by atoms with Gasteiger partial charge in [0.25, 0.3) is 5.91 Å². The van der Waals surface area contributed by atoms with Crippen LogP contribution >= 0.6 is 0 Å². The van der Waals surface area contributed by atoms with Crippen molar-refractivity contribution in [2.75, 3.05) is 0 Å². The number of carbonyl (C=O) groups excluding carboxylic acids is 1. The van der Waals surface area contributed by atoms with Gasteiger partial charge in [-0.3, -0.25) is 4.79 Å². The Morgan fingerprint density at radius 2 is 1.55 bits per heavy atom. The summed E-state index contributed by atoms with van der Waals surface area (Å²) in [7, 11) is -3.52. The van der Waals surface area contributed by atoms with E-state index in [1.54, 1.807) is 20.8 Å². The minimum Gasteiger partial charge on any atom is -0.481 e. The third kappa shape index (κ3) is 5.65. The molecular formula is C15H24N2O4S. The Balaban J connectivity index is 2.75. The molecule has 0 saturated heterocycles. The van der Waals surface area contributed by atoms with Crippen molar-refractivity contribution >= 4 is 15.9 Å². The van der Waals surface area contributed by atoms with Crippen LogP contribution in [0.4, 0.5) is 0 Å². The van der Waals surface area contributed by atoms with Gasteiger partial charge in [0.2, 0.25) is 10.0 Å². The Morgan fingerprint density at radius 3 is 2.00 bits per heavy atom. The maximum absolute atomic E-state index is 12.0. The Morgan fingerprint density at radius 1 is 1.00 bits per heavy atom. The first kappa shape index (κ1) is 18.4. The fourth-order valence-corrected chi connectivity index (χ4v) is 2.99. The van der Waals surface area contributed by atoms with Crippen molar-refractivity contribution in [2.45, 2.75) is 57.7 Å². The van der Waals surface area contributed by atoms with E-state index in [-0.39, 0.29) is 22.9 Å². The van der Waals surface area contributed by atoms with Crippen molar-refractivity contribution in [3.63, 3.8) is 0 Å². The minimum absolute atomic E-state index is 0.0353. The predicted octanol–water partition coefficient (Wildman–Crippen LogP) is 1.67. The lowest BCUT2D eigenvalue weighted by atomic mass is 10.3. The molecule has 1 aromatic rings. The number of sulfonamides is 1. The summed E-state index contributed by atoms with van der Waals surface area (Å²) in [6, 6.07) is 5.83. The van der Waals surface area contributed by atoms with Gasteiger partial charge in [-0.15, -0.1) is 0 Å². The third-order valence-electron chi connectivity index (χ3n) is 2.64. The van der Waals surface area contributed by atoms with Crippen molar-refractivity contribution < 1.29 is 17.9 Å². The predicted molar refractivity (Wildman–Crippen MR) is 85.3 cm³/mol. The van der Waals surface area contributed by atoms with E-state index >= 15 is 0 Å². The third-order valence-corrected chi connectivity index (χ3v) is 4.31. The number of rotatable bonds is 7. The van der Waals surface area contributed by atoms with Crippen molar-refractivity contribution in [2.24, 2.45) is 0 Å². The molecule has 1 rings (SSSR count). The van der Waals surface area contributed by atoms with Crippen LogP contribution in [0.2, 0.25) is 0 Å². The fourth-order valence-electron chi connectivity index (χ4n) is 1.74. The molecule has 0 aliphatic rings. The van der Waals surface area contributed by atoms with Gasteiger partial charge in [-0.1, -0.05) is 0 Å². The lowest BCUT2D eigenvalue weighted by Gasteiger charge is -2.16. The molecule has 0 heterocycles. The highest BCUT2D eigenvalue weighted by Crippen LogP contribution is 2.17. The summed E-state index contributed by atoms with van der Waals surface area (Å²) in [5, 5.41) is 2.75. The summed E-state index contributed by atoms with van der Waals surface area (Å²) in [6.45, 7) is 8.88. The average Bonchev–Trinajstić information content (AvgIpc) is 2.36. The first-order valence-electron chi connectivity index (χ1n) is 7.21. The van der Waals surface area contributed by atoms with Gasteiger partial charge in [0.1, 0.15) is 5.75 Å². The molecule has 0 aromatic heterocycles. The zero-order chi connectivity index (χ0) is 16.9. The summed E-state index contributed by atoms with van der Waals surface area (Å²) in [6.07, 6.45) is -0.654. The summed E-state index contributed by atoms with van der Waals surface area (Å²) in [5.41, 5.74) is 0. The SMILES string of the molecule is CC(C)NC(=O)[C@H](C)Oc1ccc(S(=O)(=O)NC(C)C)cc1. The van der Waals surface area contributed by atoms with Crippen LogP contribution in [0, 0.1) is 0 Å². The highest BCUT2D eigenvalue weighted by Gasteiger charge is 2.17. The van der Waals surface area contributed by atoms with E-state index in [0.717, 1.165) is 0 Å². The number of ether oxygens (including phenoxy) is 1. The molecule has 0 unspecified atom stereocenters.